The number of halogens is 1. The minimum atomic E-state index is -0.178. The number of aliphatic hydroxyl groups excluding tert-OH is 1. The predicted molar refractivity (Wildman–Crippen MR) is 91.1 cm³/mol. The van der Waals surface area contributed by atoms with Crippen LogP contribution in [0.4, 0.5) is 0 Å². The summed E-state index contributed by atoms with van der Waals surface area (Å²) in [4.78, 5) is 12.5. The van der Waals surface area contributed by atoms with E-state index in [2.05, 4.69) is 10.4 Å². The number of carbonyl (C=O) groups excluding carboxylic acids is 1. The van der Waals surface area contributed by atoms with Crippen LogP contribution in [0.1, 0.15) is 36.3 Å². The smallest absolute Gasteiger partial charge is 0.254 e. The summed E-state index contributed by atoms with van der Waals surface area (Å²) in [5.41, 5.74) is 2.08. The minimum Gasteiger partial charge on any atom is -0.396 e. The van der Waals surface area contributed by atoms with Crippen LogP contribution in [-0.4, -0.2) is 33.4 Å². The summed E-state index contributed by atoms with van der Waals surface area (Å²) in [6, 6.07) is 7.25. The molecule has 0 bridgehead atoms. The second-order valence-electron chi connectivity index (χ2n) is 5.87. The van der Waals surface area contributed by atoms with Crippen molar-refractivity contribution in [2.45, 2.75) is 33.2 Å². The predicted octanol–water partition coefficient (Wildman–Crippen LogP) is 2.97. The fourth-order valence-corrected chi connectivity index (χ4v) is 2.64. The average molecular weight is 336 g/mol. The standard InChI is InChI=1S/C17H22ClN3O2/c1-11(2)16(7-8-22)20-17(23)15-10-19-21(12(15)3)14-6-4-5-13(18)9-14/h4-6,9-11,16,22H,7-8H2,1-3H3,(H,20,23). The molecule has 2 aromatic rings. The highest BCUT2D eigenvalue weighted by molar-refractivity contribution is 6.30. The Hall–Kier alpha value is -1.85. The van der Waals surface area contributed by atoms with Gasteiger partial charge in [-0.25, -0.2) is 4.68 Å². The first-order valence-electron chi connectivity index (χ1n) is 7.66. The molecule has 2 rings (SSSR count). The molecular formula is C17H22ClN3O2. The summed E-state index contributed by atoms with van der Waals surface area (Å²) in [5, 5.41) is 17.0. The van der Waals surface area contributed by atoms with Crippen LogP contribution in [0.15, 0.2) is 30.5 Å². The minimum absolute atomic E-state index is 0.0455. The summed E-state index contributed by atoms with van der Waals surface area (Å²) in [6.45, 7) is 5.93. The molecule has 0 saturated carbocycles. The number of nitrogens with zero attached hydrogens (tertiary/aromatic N) is 2. The zero-order valence-electron chi connectivity index (χ0n) is 13.6. The van der Waals surface area contributed by atoms with E-state index in [1.165, 1.54) is 0 Å². The van der Waals surface area contributed by atoms with Crippen LogP contribution in [0.2, 0.25) is 5.02 Å². The first-order chi connectivity index (χ1) is 10.9. The molecule has 0 aliphatic carbocycles. The van der Waals surface area contributed by atoms with Crippen molar-refractivity contribution >= 4 is 17.5 Å². The van der Waals surface area contributed by atoms with Crippen molar-refractivity contribution in [3.63, 3.8) is 0 Å². The van der Waals surface area contributed by atoms with Gasteiger partial charge in [0.25, 0.3) is 5.91 Å². The van der Waals surface area contributed by atoms with E-state index in [4.69, 9.17) is 16.7 Å². The fourth-order valence-electron chi connectivity index (χ4n) is 2.46. The van der Waals surface area contributed by atoms with Gasteiger partial charge < -0.3 is 10.4 Å². The normalized spacial score (nSPS) is 12.4. The van der Waals surface area contributed by atoms with Crippen molar-refractivity contribution in [2.75, 3.05) is 6.61 Å². The molecule has 23 heavy (non-hydrogen) atoms. The molecule has 1 aromatic carbocycles. The van der Waals surface area contributed by atoms with Crippen LogP contribution < -0.4 is 5.32 Å². The van der Waals surface area contributed by atoms with Crippen LogP contribution in [0.25, 0.3) is 5.69 Å². The Kier molecular flexibility index (Phi) is 5.80. The monoisotopic (exact) mass is 335 g/mol. The number of hydrogen-bond acceptors (Lipinski definition) is 3. The molecule has 0 saturated heterocycles. The highest BCUT2D eigenvalue weighted by atomic mass is 35.5. The van der Waals surface area contributed by atoms with Gasteiger partial charge in [-0.3, -0.25) is 4.79 Å². The Morgan fingerprint density at radius 3 is 2.78 bits per heavy atom. The number of benzene rings is 1. The van der Waals surface area contributed by atoms with Crippen LogP contribution in [0.3, 0.4) is 0 Å². The van der Waals surface area contributed by atoms with E-state index in [9.17, 15) is 4.79 Å². The number of aromatic nitrogens is 2. The lowest BCUT2D eigenvalue weighted by Crippen LogP contribution is -2.39. The van der Waals surface area contributed by atoms with Gasteiger partial charge >= 0.3 is 0 Å². The zero-order chi connectivity index (χ0) is 17.0. The van der Waals surface area contributed by atoms with Crippen LogP contribution in [0.5, 0.6) is 0 Å². The van der Waals surface area contributed by atoms with Gasteiger partial charge in [0.05, 0.1) is 23.1 Å². The van der Waals surface area contributed by atoms with Crippen LogP contribution in [0, 0.1) is 12.8 Å². The van der Waals surface area contributed by atoms with Gasteiger partial charge in [0.2, 0.25) is 0 Å². The van der Waals surface area contributed by atoms with Crippen molar-refractivity contribution in [2.24, 2.45) is 5.92 Å². The van der Waals surface area contributed by atoms with E-state index >= 15 is 0 Å². The molecule has 124 valence electrons. The molecule has 0 aliphatic heterocycles. The molecule has 1 atom stereocenters. The van der Waals surface area contributed by atoms with Crippen molar-refractivity contribution in [3.8, 4) is 5.69 Å². The molecule has 1 unspecified atom stereocenters. The number of nitrogens with one attached hydrogen (secondary N) is 1. The molecule has 1 amide bonds. The van der Waals surface area contributed by atoms with Crippen molar-refractivity contribution in [3.05, 3.63) is 46.7 Å². The van der Waals surface area contributed by atoms with E-state index < -0.39 is 0 Å². The first-order valence-corrected chi connectivity index (χ1v) is 8.04. The van der Waals surface area contributed by atoms with E-state index in [1.807, 2.05) is 32.9 Å². The lowest BCUT2D eigenvalue weighted by Gasteiger charge is -2.21. The van der Waals surface area contributed by atoms with Gasteiger partial charge in [-0.1, -0.05) is 31.5 Å². The largest absolute Gasteiger partial charge is 0.396 e. The number of aliphatic hydroxyl groups is 1. The third kappa shape index (κ3) is 4.12. The fraction of sp³-hybridized carbons (Fsp3) is 0.412. The molecule has 2 N–H and O–H groups in total. The Balaban J connectivity index is 2.23. The van der Waals surface area contributed by atoms with Crippen LogP contribution >= 0.6 is 11.6 Å². The zero-order valence-corrected chi connectivity index (χ0v) is 14.3. The molecule has 1 heterocycles. The van der Waals surface area contributed by atoms with Crippen molar-refractivity contribution in [1.29, 1.82) is 0 Å². The molecular weight excluding hydrogens is 314 g/mol. The van der Waals surface area contributed by atoms with E-state index in [-0.39, 0.29) is 24.5 Å². The van der Waals surface area contributed by atoms with Crippen molar-refractivity contribution < 1.29 is 9.90 Å². The maximum Gasteiger partial charge on any atom is 0.254 e. The third-order valence-electron chi connectivity index (χ3n) is 3.87. The molecule has 0 fully saturated rings. The second kappa shape index (κ2) is 7.62. The van der Waals surface area contributed by atoms with E-state index in [1.54, 1.807) is 23.0 Å². The first kappa shape index (κ1) is 17.5. The summed E-state index contributed by atoms with van der Waals surface area (Å²) in [7, 11) is 0. The second-order valence-corrected chi connectivity index (χ2v) is 6.31. The van der Waals surface area contributed by atoms with Gasteiger partial charge in [-0.15, -0.1) is 0 Å². The summed E-state index contributed by atoms with van der Waals surface area (Å²) in [6.07, 6.45) is 2.09. The number of carbonyl (C=O) groups is 1. The number of amides is 1. The Morgan fingerprint density at radius 2 is 2.17 bits per heavy atom. The molecule has 0 spiro atoms. The molecule has 1 aromatic heterocycles. The van der Waals surface area contributed by atoms with E-state index in [0.717, 1.165) is 11.4 Å². The highest BCUT2D eigenvalue weighted by Gasteiger charge is 2.20. The SMILES string of the molecule is Cc1c(C(=O)NC(CCO)C(C)C)cnn1-c1cccc(Cl)c1. The van der Waals surface area contributed by atoms with Crippen molar-refractivity contribution in [1.82, 2.24) is 15.1 Å². The number of rotatable bonds is 6. The lowest BCUT2D eigenvalue weighted by atomic mass is 10.0. The van der Waals surface area contributed by atoms with Gasteiger partial charge in [0.1, 0.15) is 0 Å². The number of hydrogen-bond donors (Lipinski definition) is 2. The maximum atomic E-state index is 12.5. The quantitative estimate of drug-likeness (QED) is 0.852. The lowest BCUT2D eigenvalue weighted by molar-refractivity contribution is 0.0916. The average Bonchev–Trinajstić information content (AvgIpc) is 2.88. The Bertz CT molecular complexity index is 682. The molecule has 0 radical (unpaired) electrons. The van der Waals surface area contributed by atoms with E-state index in [0.29, 0.717) is 17.0 Å². The Morgan fingerprint density at radius 1 is 1.43 bits per heavy atom. The van der Waals surface area contributed by atoms with Gasteiger partial charge in [-0.2, -0.15) is 5.10 Å². The molecule has 6 heteroatoms. The maximum absolute atomic E-state index is 12.5. The van der Waals surface area contributed by atoms with Gasteiger partial charge in [0, 0.05) is 17.7 Å². The molecule has 5 nitrogen and oxygen atoms in total. The van der Waals surface area contributed by atoms with Gasteiger partial charge in [0.15, 0.2) is 0 Å². The van der Waals surface area contributed by atoms with Crippen LogP contribution in [-0.2, 0) is 0 Å². The third-order valence-corrected chi connectivity index (χ3v) is 4.10. The highest BCUT2D eigenvalue weighted by Crippen LogP contribution is 2.18. The topological polar surface area (TPSA) is 67.2 Å². The Labute approximate surface area is 141 Å². The summed E-state index contributed by atoms with van der Waals surface area (Å²) >= 11 is 6.01. The van der Waals surface area contributed by atoms with Gasteiger partial charge in [-0.05, 0) is 37.5 Å². The summed E-state index contributed by atoms with van der Waals surface area (Å²) < 4.78 is 1.69. The summed E-state index contributed by atoms with van der Waals surface area (Å²) in [5.74, 6) is 0.0670. The molecule has 0 aliphatic rings.